The van der Waals surface area contributed by atoms with Crippen molar-refractivity contribution in [2.24, 2.45) is 11.3 Å². The van der Waals surface area contributed by atoms with Gasteiger partial charge in [0.2, 0.25) is 0 Å². The molecule has 1 heterocycles. The van der Waals surface area contributed by atoms with Gasteiger partial charge < -0.3 is 5.73 Å². The molecule has 0 atom stereocenters. The Kier molecular flexibility index (Phi) is 5.29. The fraction of sp³-hybridized carbons (Fsp3) is 0.765. The highest BCUT2D eigenvalue weighted by Crippen LogP contribution is 2.42. The molecule has 2 N–H and O–H groups in total. The van der Waals surface area contributed by atoms with E-state index in [0.29, 0.717) is 17.2 Å². The van der Waals surface area contributed by atoms with Crippen molar-refractivity contribution in [2.45, 2.75) is 72.1 Å². The third-order valence-electron chi connectivity index (χ3n) is 4.77. The lowest BCUT2D eigenvalue weighted by molar-refractivity contribution is 0.167. The Balaban J connectivity index is 2.13. The van der Waals surface area contributed by atoms with Gasteiger partial charge in [-0.15, -0.1) is 0 Å². The molecule has 3 nitrogen and oxygen atoms in total. The van der Waals surface area contributed by atoms with Crippen LogP contribution in [-0.4, -0.2) is 9.97 Å². The summed E-state index contributed by atoms with van der Waals surface area (Å²) >= 11 is 3.53. The summed E-state index contributed by atoms with van der Waals surface area (Å²) in [6.45, 7) is 9.22. The second-order valence-corrected chi connectivity index (χ2v) is 8.19. The smallest absolute Gasteiger partial charge is 0.141 e. The van der Waals surface area contributed by atoms with E-state index in [-0.39, 0.29) is 0 Å². The molecule has 0 aliphatic heterocycles. The monoisotopic (exact) mass is 353 g/mol. The Morgan fingerprint density at radius 1 is 1.14 bits per heavy atom. The molecule has 1 aromatic heterocycles. The second kappa shape index (κ2) is 6.64. The Labute approximate surface area is 137 Å². The third kappa shape index (κ3) is 3.97. The number of hydrogen-bond acceptors (Lipinski definition) is 3. The summed E-state index contributed by atoms with van der Waals surface area (Å²) in [5.74, 6) is 2.86. The van der Waals surface area contributed by atoms with Gasteiger partial charge in [0.25, 0.3) is 0 Å². The zero-order chi connectivity index (χ0) is 15.6. The van der Waals surface area contributed by atoms with E-state index in [1.54, 1.807) is 0 Å². The molecule has 118 valence electrons. The number of nitrogens with two attached hydrogens (primary N) is 1. The van der Waals surface area contributed by atoms with Crippen LogP contribution >= 0.6 is 15.9 Å². The molecule has 0 aromatic carbocycles. The predicted molar refractivity (Wildman–Crippen MR) is 92.3 cm³/mol. The quantitative estimate of drug-likeness (QED) is 0.822. The van der Waals surface area contributed by atoms with Gasteiger partial charge in [-0.1, -0.05) is 34.1 Å². The van der Waals surface area contributed by atoms with Gasteiger partial charge >= 0.3 is 0 Å². The van der Waals surface area contributed by atoms with Crippen LogP contribution in [0.4, 0.5) is 5.82 Å². The summed E-state index contributed by atoms with van der Waals surface area (Å²) in [7, 11) is 0. The maximum atomic E-state index is 6.06. The topological polar surface area (TPSA) is 51.8 Å². The first-order valence-corrected chi connectivity index (χ1v) is 8.94. The van der Waals surface area contributed by atoms with Gasteiger partial charge in [-0.05, 0) is 59.4 Å². The average Bonchev–Trinajstić information content (AvgIpc) is 2.43. The standard InChI is InChI=1S/C17H28BrN3/c1-5-6-13-14(18)15(19)21-16(20-13)11-7-9-12(10-8-11)17(2,3)4/h11-12H,5-10H2,1-4H3,(H2,19,20,21). The molecule has 0 amide bonds. The van der Waals surface area contributed by atoms with Crippen LogP contribution < -0.4 is 5.73 Å². The number of halogens is 1. The molecule has 0 unspecified atom stereocenters. The van der Waals surface area contributed by atoms with E-state index in [2.05, 4.69) is 48.6 Å². The van der Waals surface area contributed by atoms with Gasteiger partial charge in [-0.2, -0.15) is 0 Å². The summed E-state index contributed by atoms with van der Waals surface area (Å²) in [6.07, 6.45) is 6.96. The zero-order valence-corrected chi connectivity index (χ0v) is 15.3. The molecular weight excluding hydrogens is 326 g/mol. The number of aryl methyl sites for hydroxylation is 1. The highest BCUT2D eigenvalue weighted by atomic mass is 79.9. The first-order chi connectivity index (χ1) is 9.82. The van der Waals surface area contributed by atoms with Crippen LogP contribution in [0.1, 0.15) is 77.2 Å². The molecule has 21 heavy (non-hydrogen) atoms. The Morgan fingerprint density at radius 3 is 2.29 bits per heavy atom. The van der Waals surface area contributed by atoms with Crippen LogP contribution in [0.2, 0.25) is 0 Å². The molecule has 1 saturated carbocycles. The van der Waals surface area contributed by atoms with E-state index < -0.39 is 0 Å². The van der Waals surface area contributed by atoms with Gasteiger partial charge in [0.15, 0.2) is 0 Å². The van der Waals surface area contributed by atoms with E-state index in [9.17, 15) is 0 Å². The average molecular weight is 354 g/mol. The second-order valence-electron chi connectivity index (χ2n) is 7.39. The zero-order valence-electron chi connectivity index (χ0n) is 13.7. The van der Waals surface area contributed by atoms with Crippen molar-refractivity contribution in [1.29, 1.82) is 0 Å². The van der Waals surface area contributed by atoms with Gasteiger partial charge in [-0.3, -0.25) is 0 Å². The number of nitrogen functional groups attached to an aromatic ring is 1. The minimum Gasteiger partial charge on any atom is -0.383 e. The molecule has 0 saturated heterocycles. The number of anilines is 1. The lowest BCUT2D eigenvalue weighted by Crippen LogP contribution is -2.26. The largest absolute Gasteiger partial charge is 0.383 e. The van der Waals surface area contributed by atoms with Crippen molar-refractivity contribution in [3.63, 3.8) is 0 Å². The van der Waals surface area contributed by atoms with Crippen molar-refractivity contribution in [2.75, 3.05) is 5.73 Å². The molecule has 0 radical (unpaired) electrons. The summed E-state index contributed by atoms with van der Waals surface area (Å²) in [5.41, 5.74) is 7.54. The molecule has 2 rings (SSSR count). The summed E-state index contributed by atoms with van der Waals surface area (Å²) in [4.78, 5) is 9.34. The van der Waals surface area contributed by atoms with Crippen LogP contribution in [0.5, 0.6) is 0 Å². The van der Waals surface area contributed by atoms with E-state index in [1.807, 2.05) is 0 Å². The van der Waals surface area contributed by atoms with E-state index in [4.69, 9.17) is 10.7 Å². The number of rotatable bonds is 3. The van der Waals surface area contributed by atoms with Crippen molar-refractivity contribution in [3.8, 4) is 0 Å². The number of aromatic nitrogens is 2. The summed E-state index contributed by atoms with van der Waals surface area (Å²) in [5, 5.41) is 0. The fourth-order valence-electron chi connectivity index (χ4n) is 3.34. The maximum absolute atomic E-state index is 6.06. The molecule has 1 fully saturated rings. The van der Waals surface area contributed by atoms with Crippen LogP contribution in [0.3, 0.4) is 0 Å². The lowest BCUT2D eigenvalue weighted by atomic mass is 9.69. The molecule has 1 aromatic rings. The van der Waals surface area contributed by atoms with E-state index in [0.717, 1.165) is 34.8 Å². The molecule has 0 bridgehead atoms. The van der Waals surface area contributed by atoms with Gasteiger partial charge in [0, 0.05) is 5.92 Å². The molecular formula is C17H28BrN3. The minimum absolute atomic E-state index is 0.415. The van der Waals surface area contributed by atoms with Crippen LogP contribution in [0.15, 0.2) is 4.47 Å². The first-order valence-electron chi connectivity index (χ1n) is 8.14. The Hall–Kier alpha value is -0.640. The maximum Gasteiger partial charge on any atom is 0.141 e. The van der Waals surface area contributed by atoms with Gasteiger partial charge in [0.05, 0.1) is 10.2 Å². The molecule has 4 heteroatoms. The van der Waals surface area contributed by atoms with E-state index >= 15 is 0 Å². The van der Waals surface area contributed by atoms with Crippen molar-refractivity contribution >= 4 is 21.7 Å². The molecule has 1 aliphatic carbocycles. The van der Waals surface area contributed by atoms with Crippen LogP contribution in [0, 0.1) is 11.3 Å². The fourth-order valence-corrected chi connectivity index (χ4v) is 3.71. The summed E-state index contributed by atoms with van der Waals surface area (Å²) in [6, 6.07) is 0. The highest BCUT2D eigenvalue weighted by Gasteiger charge is 2.31. The van der Waals surface area contributed by atoms with Crippen molar-refractivity contribution in [3.05, 3.63) is 16.0 Å². The van der Waals surface area contributed by atoms with Crippen molar-refractivity contribution in [1.82, 2.24) is 9.97 Å². The SMILES string of the molecule is CCCc1nc(C2CCC(C(C)(C)C)CC2)nc(N)c1Br. The molecule has 1 aliphatic rings. The van der Waals surface area contributed by atoms with Crippen LogP contribution in [-0.2, 0) is 6.42 Å². The number of nitrogens with zero attached hydrogens (tertiary/aromatic N) is 2. The van der Waals surface area contributed by atoms with Crippen LogP contribution in [0.25, 0.3) is 0 Å². The third-order valence-corrected chi connectivity index (χ3v) is 5.63. The van der Waals surface area contributed by atoms with E-state index in [1.165, 1.54) is 25.7 Å². The predicted octanol–water partition coefficient (Wildman–Crippen LogP) is 5.09. The van der Waals surface area contributed by atoms with Crippen molar-refractivity contribution < 1.29 is 0 Å². The van der Waals surface area contributed by atoms with Gasteiger partial charge in [-0.25, -0.2) is 9.97 Å². The summed E-state index contributed by atoms with van der Waals surface area (Å²) < 4.78 is 0.886. The highest BCUT2D eigenvalue weighted by molar-refractivity contribution is 9.10. The minimum atomic E-state index is 0.415. The lowest BCUT2D eigenvalue weighted by Gasteiger charge is -2.36. The normalized spacial score (nSPS) is 23.3. The first kappa shape index (κ1) is 16.7. The Bertz CT molecular complexity index is 486. The number of hydrogen-bond donors (Lipinski definition) is 1. The molecule has 0 spiro atoms. The Morgan fingerprint density at radius 2 is 1.76 bits per heavy atom. The van der Waals surface area contributed by atoms with Gasteiger partial charge in [0.1, 0.15) is 11.6 Å².